The number of nitrogens with zero attached hydrogens (tertiary/aromatic N) is 5. The average Bonchev–Trinajstić information content (AvgIpc) is 2.71. The smallest absolute Gasteiger partial charge is 0.178 e. The molecule has 0 fully saturated rings. The molecule has 0 amide bonds. The Labute approximate surface area is 100 Å². The number of hydrogen-bond acceptors (Lipinski definition) is 5. The molecule has 2 aromatic heterocycles. The van der Waals surface area contributed by atoms with Crippen molar-refractivity contribution in [2.75, 3.05) is 31.7 Å². The molecule has 6 nitrogen and oxygen atoms in total. The highest BCUT2D eigenvalue weighted by Gasteiger charge is 2.06. The van der Waals surface area contributed by atoms with E-state index in [9.17, 15) is 0 Å². The fraction of sp³-hybridized carbons (Fsp3) is 0.545. The van der Waals surface area contributed by atoms with Crippen LogP contribution in [0.3, 0.4) is 0 Å². The number of anilines is 1. The van der Waals surface area contributed by atoms with E-state index >= 15 is 0 Å². The van der Waals surface area contributed by atoms with Crippen LogP contribution >= 0.6 is 0 Å². The molecule has 6 heteroatoms. The number of rotatable bonds is 5. The minimum atomic E-state index is 0.702. The summed E-state index contributed by atoms with van der Waals surface area (Å²) in [5.41, 5.74) is 0.768. The summed E-state index contributed by atoms with van der Waals surface area (Å²) >= 11 is 0. The van der Waals surface area contributed by atoms with Crippen molar-refractivity contribution in [3.63, 3.8) is 0 Å². The standard InChI is InChI=1S/C11H17N5O/c1-4-17-8-7-15(3)11-6-5-10-13-12-9(2)16(10)14-11/h5-6H,4,7-8H2,1-3H3. The molecule has 0 saturated carbocycles. The molecule has 0 aromatic carbocycles. The topological polar surface area (TPSA) is 55.5 Å². The molecule has 0 spiro atoms. The van der Waals surface area contributed by atoms with E-state index in [0.29, 0.717) is 6.61 Å². The minimum Gasteiger partial charge on any atom is -0.380 e. The maximum atomic E-state index is 5.32. The SMILES string of the molecule is CCOCCN(C)c1ccc2nnc(C)n2n1. The first-order chi connectivity index (χ1) is 8.22. The normalized spacial score (nSPS) is 11.0. The summed E-state index contributed by atoms with van der Waals surface area (Å²) in [6.45, 7) is 6.13. The van der Waals surface area contributed by atoms with Gasteiger partial charge in [0.2, 0.25) is 0 Å². The first kappa shape index (κ1) is 11.8. The highest BCUT2D eigenvalue weighted by molar-refractivity contribution is 5.45. The predicted octanol–water partition coefficient (Wildman–Crippen LogP) is 0.905. The average molecular weight is 235 g/mol. The van der Waals surface area contributed by atoms with E-state index in [0.717, 1.165) is 30.4 Å². The third-order valence-corrected chi connectivity index (χ3v) is 2.57. The van der Waals surface area contributed by atoms with Crippen molar-refractivity contribution in [1.82, 2.24) is 19.8 Å². The van der Waals surface area contributed by atoms with E-state index in [-0.39, 0.29) is 0 Å². The molecule has 2 heterocycles. The van der Waals surface area contributed by atoms with E-state index in [4.69, 9.17) is 4.74 Å². The van der Waals surface area contributed by atoms with Crippen molar-refractivity contribution < 1.29 is 4.74 Å². The van der Waals surface area contributed by atoms with Gasteiger partial charge in [-0.1, -0.05) is 0 Å². The van der Waals surface area contributed by atoms with Crippen LogP contribution in [0.4, 0.5) is 5.82 Å². The third-order valence-electron chi connectivity index (χ3n) is 2.57. The number of aryl methyl sites for hydroxylation is 1. The molecule has 0 N–H and O–H groups in total. The largest absolute Gasteiger partial charge is 0.380 e. The molecule has 0 aliphatic heterocycles. The second kappa shape index (κ2) is 5.09. The molecule has 0 aliphatic carbocycles. The van der Waals surface area contributed by atoms with Gasteiger partial charge < -0.3 is 9.64 Å². The maximum Gasteiger partial charge on any atom is 0.178 e. The summed E-state index contributed by atoms with van der Waals surface area (Å²) in [4.78, 5) is 2.05. The monoisotopic (exact) mass is 235 g/mol. The molecule has 0 bridgehead atoms. The van der Waals surface area contributed by atoms with Crippen LogP contribution in [0.5, 0.6) is 0 Å². The van der Waals surface area contributed by atoms with Gasteiger partial charge in [-0.05, 0) is 26.0 Å². The molecule has 0 atom stereocenters. The molecule has 0 aliphatic rings. The van der Waals surface area contributed by atoms with Crippen molar-refractivity contribution in [3.8, 4) is 0 Å². The van der Waals surface area contributed by atoms with Gasteiger partial charge in [-0.25, -0.2) is 0 Å². The lowest BCUT2D eigenvalue weighted by molar-refractivity contribution is 0.154. The zero-order valence-electron chi connectivity index (χ0n) is 10.4. The summed E-state index contributed by atoms with van der Waals surface area (Å²) in [6, 6.07) is 3.86. The van der Waals surface area contributed by atoms with Gasteiger partial charge in [0.15, 0.2) is 11.5 Å². The lowest BCUT2D eigenvalue weighted by atomic mass is 10.4. The Bertz CT molecular complexity index is 496. The lowest BCUT2D eigenvalue weighted by Crippen LogP contribution is -2.24. The van der Waals surface area contributed by atoms with Crippen LogP contribution in [0.2, 0.25) is 0 Å². The van der Waals surface area contributed by atoms with Gasteiger partial charge in [-0.2, -0.15) is 4.52 Å². The van der Waals surface area contributed by atoms with Crippen LogP contribution in [0.25, 0.3) is 5.65 Å². The highest BCUT2D eigenvalue weighted by atomic mass is 16.5. The van der Waals surface area contributed by atoms with Gasteiger partial charge >= 0.3 is 0 Å². The van der Waals surface area contributed by atoms with Crippen LogP contribution in [0.1, 0.15) is 12.7 Å². The number of ether oxygens (including phenoxy) is 1. The molecular formula is C11H17N5O. The fourth-order valence-corrected chi connectivity index (χ4v) is 1.55. The van der Waals surface area contributed by atoms with Gasteiger partial charge in [0.05, 0.1) is 6.61 Å². The maximum absolute atomic E-state index is 5.32. The lowest BCUT2D eigenvalue weighted by Gasteiger charge is -2.17. The van der Waals surface area contributed by atoms with Gasteiger partial charge in [0.25, 0.3) is 0 Å². The highest BCUT2D eigenvalue weighted by Crippen LogP contribution is 2.10. The molecule has 92 valence electrons. The van der Waals surface area contributed by atoms with Crippen LogP contribution in [-0.4, -0.2) is 46.6 Å². The second-order valence-corrected chi connectivity index (χ2v) is 3.83. The number of aromatic nitrogens is 4. The quantitative estimate of drug-likeness (QED) is 0.721. The Morgan fingerprint density at radius 2 is 2.18 bits per heavy atom. The fourth-order valence-electron chi connectivity index (χ4n) is 1.55. The van der Waals surface area contributed by atoms with E-state index < -0.39 is 0 Å². The van der Waals surface area contributed by atoms with Crippen molar-refractivity contribution in [2.45, 2.75) is 13.8 Å². The van der Waals surface area contributed by atoms with E-state index in [1.54, 1.807) is 4.52 Å². The van der Waals surface area contributed by atoms with E-state index in [1.165, 1.54) is 0 Å². The molecule has 17 heavy (non-hydrogen) atoms. The van der Waals surface area contributed by atoms with Gasteiger partial charge in [0.1, 0.15) is 5.82 Å². The number of fused-ring (bicyclic) bond motifs is 1. The van der Waals surface area contributed by atoms with Crippen molar-refractivity contribution in [2.24, 2.45) is 0 Å². The third kappa shape index (κ3) is 2.52. The zero-order valence-corrected chi connectivity index (χ0v) is 10.4. The Morgan fingerprint density at radius 1 is 1.35 bits per heavy atom. The number of hydrogen-bond donors (Lipinski definition) is 0. The van der Waals surface area contributed by atoms with Crippen molar-refractivity contribution in [3.05, 3.63) is 18.0 Å². The van der Waals surface area contributed by atoms with E-state index in [2.05, 4.69) is 20.2 Å². The molecule has 2 rings (SSSR count). The molecule has 2 aromatic rings. The summed E-state index contributed by atoms with van der Waals surface area (Å²) in [5.74, 6) is 1.68. The Hall–Kier alpha value is -1.69. The Kier molecular flexibility index (Phi) is 3.53. The minimum absolute atomic E-state index is 0.702. The Morgan fingerprint density at radius 3 is 2.94 bits per heavy atom. The van der Waals surface area contributed by atoms with Crippen LogP contribution in [0, 0.1) is 6.92 Å². The Balaban J connectivity index is 2.14. The first-order valence-electron chi connectivity index (χ1n) is 5.70. The predicted molar refractivity (Wildman–Crippen MR) is 65.3 cm³/mol. The van der Waals surface area contributed by atoms with Crippen LogP contribution in [-0.2, 0) is 4.74 Å². The van der Waals surface area contributed by atoms with Crippen LogP contribution in [0.15, 0.2) is 12.1 Å². The molecule has 0 radical (unpaired) electrons. The van der Waals surface area contributed by atoms with Crippen molar-refractivity contribution in [1.29, 1.82) is 0 Å². The van der Waals surface area contributed by atoms with Gasteiger partial charge in [-0.3, -0.25) is 0 Å². The molecular weight excluding hydrogens is 218 g/mol. The summed E-state index contributed by atoms with van der Waals surface area (Å²) in [7, 11) is 1.99. The van der Waals surface area contributed by atoms with E-state index in [1.807, 2.05) is 33.0 Å². The zero-order chi connectivity index (χ0) is 12.3. The molecule has 0 saturated heterocycles. The van der Waals surface area contributed by atoms with Crippen LogP contribution < -0.4 is 4.90 Å². The van der Waals surface area contributed by atoms with Gasteiger partial charge in [-0.15, -0.1) is 15.3 Å². The first-order valence-corrected chi connectivity index (χ1v) is 5.70. The number of likely N-dealkylation sites (N-methyl/N-ethyl adjacent to an activating group) is 1. The summed E-state index contributed by atoms with van der Waals surface area (Å²) < 4.78 is 7.06. The van der Waals surface area contributed by atoms with Crippen molar-refractivity contribution >= 4 is 11.5 Å². The summed E-state index contributed by atoms with van der Waals surface area (Å²) in [5, 5.41) is 12.5. The summed E-state index contributed by atoms with van der Waals surface area (Å²) in [6.07, 6.45) is 0. The van der Waals surface area contributed by atoms with Gasteiger partial charge in [0, 0.05) is 20.2 Å². The molecule has 0 unspecified atom stereocenters. The second-order valence-electron chi connectivity index (χ2n) is 3.83.